The minimum Gasteiger partial charge on any atom is -0.455 e. The molecule has 0 aromatic heterocycles. The Morgan fingerprint density at radius 3 is 1.78 bits per heavy atom. The molecule has 1 amide bonds. The van der Waals surface area contributed by atoms with Gasteiger partial charge in [0.15, 0.2) is 12.4 Å². The number of carbonyl (C=O) groups is 1. The van der Waals surface area contributed by atoms with E-state index in [9.17, 15) is 9.18 Å². The topological polar surface area (TPSA) is 29.5 Å². The zero-order chi connectivity index (χ0) is 22.2. The molecule has 0 heterocycles. The normalized spacial score (nSPS) is 10.7. The quantitative estimate of drug-likeness (QED) is 0.318. The monoisotopic (exact) mass is 425 g/mol. The molecule has 0 fully saturated rings. The Kier molecular flexibility index (Phi) is 6.93. The molecule has 3 nitrogen and oxygen atoms in total. The Hall–Kier alpha value is -3.92. The number of amides is 1. The predicted octanol–water partition coefficient (Wildman–Crippen LogP) is 6.61. The van der Waals surface area contributed by atoms with E-state index in [1.165, 1.54) is 4.90 Å². The van der Waals surface area contributed by atoms with Crippen molar-refractivity contribution < 1.29 is 13.9 Å². The summed E-state index contributed by atoms with van der Waals surface area (Å²) in [7, 11) is 0. The molecule has 0 N–H and O–H groups in total. The summed E-state index contributed by atoms with van der Waals surface area (Å²) >= 11 is 0. The molecular weight excluding hydrogens is 401 g/mol. The van der Waals surface area contributed by atoms with Crippen LogP contribution in [0.2, 0.25) is 0 Å². The second-order valence-electron chi connectivity index (χ2n) is 7.39. The number of benzene rings is 4. The van der Waals surface area contributed by atoms with Crippen LogP contribution in [-0.4, -0.2) is 19.1 Å². The summed E-state index contributed by atoms with van der Waals surface area (Å²) in [4.78, 5) is 14.3. The van der Waals surface area contributed by atoms with Gasteiger partial charge in [-0.05, 0) is 35.4 Å². The molecule has 0 spiro atoms. The van der Waals surface area contributed by atoms with Crippen molar-refractivity contribution in [3.8, 4) is 11.5 Å². The maximum absolute atomic E-state index is 13.7. The Labute approximate surface area is 187 Å². The van der Waals surface area contributed by atoms with Gasteiger partial charge in [0.1, 0.15) is 5.75 Å². The molecule has 160 valence electrons. The van der Waals surface area contributed by atoms with Crippen LogP contribution in [0, 0.1) is 0 Å². The minimum atomic E-state index is -1.09. The SMILES string of the molecule is O=C(CF)N(CC(c1ccccc1)c1ccccc1)c1ccccc1Oc1ccccc1. The van der Waals surface area contributed by atoms with Crippen molar-refractivity contribution in [2.75, 3.05) is 18.1 Å². The summed E-state index contributed by atoms with van der Waals surface area (Å²) in [6.45, 7) is -0.804. The van der Waals surface area contributed by atoms with Crippen molar-refractivity contribution in [2.24, 2.45) is 0 Å². The first-order chi connectivity index (χ1) is 15.8. The number of carbonyl (C=O) groups excluding carboxylic acids is 1. The minimum absolute atomic E-state index is 0.127. The van der Waals surface area contributed by atoms with E-state index in [0.717, 1.165) is 11.1 Å². The van der Waals surface area contributed by atoms with Gasteiger partial charge in [-0.1, -0.05) is 91.0 Å². The van der Waals surface area contributed by atoms with Crippen molar-refractivity contribution in [1.29, 1.82) is 0 Å². The number of rotatable bonds is 8. The molecule has 0 radical (unpaired) electrons. The molecule has 4 aromatic rings. The van der Waals surface area contributed by atoms with Gasteiger partial charge in [-0.25, -0.2) is 4.39 Å². The highest BCUT2D eigenvalue weighted by atomic mass is 19.1. The number of nitrogens with zero attached hydrogens (tertiary/aromatic N) is 1. The van der Waals surface area contributed by atoms with Crippen LogP contribution >= 0.6 is 0 Å². The fourth-order valence-corrected chi connectivity index (χ4v) is 3.75. The molecule has 0 unspecified atom stereocenters. The molecule has 0 saturated heterocycles. The van der Waals surface area contributed by atoms with E-state index < -0.39 is 12.6 Å². The lowest BCUT2D eigenvalue weighted by molar-refractivity contribution is -0.119. The van der Waals surface area contributed by atoms with Gasteiger partial charge in [0.05, 0.1) is 5.69 Å². The smallest absolute Gasteiger partial charge is 0.258 e. The van der Waals surface area contributed by atoms with E-state index in [-0.39, 0.29) is 12.5 Å². The van der Waals surface area contributed by atoms with Crippen LogP contribution < -0.4 is 9.64 Å². The van der Waals surface area contributed by atoms with Gasteiger partial charge in [-0.3, -0.25) is 4.79 Å². The van der Waals surface area contributed by atoms with Gasteiger partial charge < -0.3 is 9.64 Å². The average molecular weight is 426 g/mol. The van der Waals surface area contributed by atoms with Crippen LogP contribution in [0.1, 0.15) is 17.0 Å². The van der Waals surface area contributed by atoms with E-state index in [4.69, 9.17) is 4.74 Å². The third kappa shape index (κ3) is 5.03. The van der Waals surface area contributed by atoms with Gasteiger partial charge in [0.25, 0.3) is 5.91 Å². The van der Waals surface area contributed by atoms with E-state index in [1.807, 2.05) is 103 Å². The zero-order valence-electron chi connectivity index (χ0n) is 17.6. The highest BCUT2D eigenvalue weighted by Crippen LogP contribution is 2.35. The second kappa shape index (κ2) is 10.4. The summed E-state index contributed by atoms with van der Waals surface area (Å²) in [5.74, 6) is 0.416. The van der Waals surface area contributed by atoms with Crippen LogP contribution in [0.15, 0.2) is 115 Å². The lowest BCUT2D eigenvalue weighted by atomic mass is 9.90. The number of anilines is 1. The van der Waals surface area contributed by atoms with Crippen molar-refractivity contribution in [1.82, 2.24) is 0 Å². The Morgan fingerprint density at radius 1 is 0.719 bits per heavy atom. The van der Waals surface area contributed by atoms with Crippen LogP contribution in [0.25, 0.3) is 0 Å². The van der Waals surface area contributed by atoms with Gasteiger partial charge in [0, 0.05) is 12.5 Å². The van der Waals surface area contributed by atoms with Crippen LogP contribution in [0.4, 0.5) is 10.1 Å². The summed E-state index contributed by atoms with van der Waals surface area (Å²) in [5, 5.41) is 0. The Balaban J connectivity index is 1.74. The Morgan fingerprint density at radius 2 is 1.22 bits per heavy atom. The maximum atomic E-state index is 13.7. The fourth-order valence-electron chi connectivity index (χ4n) is 3.75. The van der Waals surface area contributed by atoms with Crippen LogP contribution in [0.3, 0.4) is 0 Å². The molecule has 4 aromatic carbocycles. The number of hydrogen-bond donors (Lipinski definition) is 0. The first-order valence-electron chi connectivity index (χ1n) is 10.5. The first-order valence-corrected chi connectivity index (χ1v) is 10.5. The standard InChI is InChI=1S/C28H24FNO2/c29-20-28(31)30(26-18-10-11-19-27(26)32-24-16-8-3-9-17-24)21-25(22-12-4-1-5-13-22)23-14-6-2-7-15-23/h1-19,25H,20-21H2. The zero-order valence-corrected chi connectivity index (χ0v) is 17.6. The third-order valence-electron chi connectivity index (χ3n) is 5.31. The lowest BCUT2D eigenvalue weighted by Crippen LogP contribution is -2.36. The molecule has 0 aliphatic heterocycles. The van der Waals surface area contributed by atoms with Gasteiger partial charge in [-0.15, -0.1) is 0 Å². The molecule has 0 bridgehead atoms. The van der Waals surface area contributed by atoms with Crippen molar-refractivity contribution in [3.05, 3.63) is 126 Å². The summed E-state index contributed by atoms with van der Waals surface area (Å²) < 4.78 is 19.8. The number of halogens is 1. The summed E-state index contributed by atoms with van der Waals surface area (Å²) in [6, 6.07) is 36.5. The average Bonchev–Trinajstić information content (AvgIpc) is 2.86. The van der Waals surface area contributed by atoms with Gasteiger partial charge in [0.2, 0.25) is 0 Å². The molecule has 0 saturated carbocycles. The molecule has 0 atom stereocenters. The van der Waals surface area contributed by atoms with Crippen LogP contribution in [-0.2, 0) is 4.79 Å². The van der Waals surface area contributed by atoms with E-state index in [1.54, 1.807) is 12.1 Å². The Bertz CT molecular complexity index is 1090. The van der Waals surface area contributed by atoms with E-state index >= 15 is 0 Å². The maximum Gasteiger partial charge on any atom is 0.258 e. The van der Waals surface area contributed by atoms with Crippen molar-refractivity contribution in [3.63, 3.8) is 0 Å². The number of alkyl halides is 1. The number of hydrogen-bond acceptors (Lipinski definition) is 2. The fraction of sp³-hybridized carbons (Fsp3) is 0.107. The second-order valence-corrected chi connectivity index (χ2v) is 7.39. The number of para-hydroxylation sites is 3. The largest absolute Gasteiger partial charge is 0.455 e. The van der Waals surface area contributed by atoms with Crippen molar-refractivity contribution in [2.45, 2.75) is 5.92 Å². The number of ether oxygens (including phenoxy) is 1. The molecule has 32 heavy (non-hydrogen) atoms. The van der Waals surface area contributed by atoms with Crippen molar-refractivity contribution >= 4 is 11.6 Å². The lowest BCUT2D eigenvalue weighted by Gasteiger charge is -2.29. The predicted molar refractivity (Wildman–Crippen MR) is 126 cm³/mol. The van der Waals surface area contributed by atoms with Gasteiger partial charge >= 0.3 is 0 Å². The van der Waals surface area contributed by atoms with Crippen LogP contribution in [0.5, 0.6) is 11.5 Å². The third-order valence-corrected chi connectivity index (χ3v) is 5.31. The molecule has 0 aliphatic rings. The highest BCUT2D eigenvalue weighted by molar-refractivity contribution is 5.96. The van der Waals surface area contributed by atoms with E-state index in [0.29, 0.717) is 17.2 Å². The molecule has 4 rings (SSSR count). The summed E-state index contributed by atoms with van der Waals surface area (Å²) in [5.41, 5.74) is 2.64. The van der Waals surface area contributed by atoms with E-state index in [2.05, 4.69) is 0 Å². The molecule has 4 heteroatoms. The van der Waals surface area contributed by atoms with Gasteiger partial charge in [-0.2, -0.15) is 0 Å². The summed E-state index contributed by atoms with van der Waals surface area (Å²) in [6.07, 6.45) is 0. The first kappa shape index (κ1) is 21.3. The highest BCUT2D eigenvalue weighted by Gasteiger charge is 2.25. The molecule has 0 aliphatic carbocycles. The molecular formula is C28H24FNO2.